The summed E-state index contributed by atoms with van der Waals surface area (Å²) in [5.41, 5.74) is 1.49. The lowest BCUT2D eigenvalue weighted by Gasteiger charge is -2.19. The van der Waals surface area contributed by atoms with E-state index in [-0.39, 0.29) is 22.8 Å². The second-order valence-electron chi connectivity index (χ2n) is 6.74. The van der Waals surface area contributed by atoms with Crippen molar-refractivity contribution in [1.29, 1.82) is 0 Å². The number of hydrogen-bond donors (Lipinski definition) is 2. The SMILES string of the molecule is O=C1CSC(c2cccnc2)c2c(n(C3CCCCCC3)[nH]c2=O)N1. The molecule has 7 heteroatoms. The van der Waals surface area contributed by atoms with Crippen molar-refractivity contribution in [2.75, 3.05) is 11.1 Å². The fraction of sp³-hybridized carbons (Fsp3) is 0.500. The monoisotopic (exact) mass is 358 g/mol. The average molecular weight is 358 g/mol. The Morgan fingerprint density at radius 3 is 2.68 bits per heavy atom. The fourth-order valence-corrected chi connectivity index (χ4v) is 4.94. The molecule has 2 N–H and O–H groups in total. The van der Waals surface area contributed by atoms with E-state index in [4.69, 9.17) is 0 Å². The van der Waals surface area contributed by atoms with Crippen LogP contribution in [0.15, 0.2) is 29.3 Å². The number of pyridine rings is 1. The summed E-state index contributed by atoms with van der Waals surface area (Å²) in [4.78, 5) is 29.2. The van der Waals surface area contributed by atoms with Crippen LogP contribution in [0.3, 0.4) is 0 Å². The van der Waals surface area contributed by atoms with Gasteiger partial charge in [0.2, 0.25) is 5.91 Å². The number of rotatable bonds is 2. The van der Waals surface area contributed by atoms with E-state index >= 15 is 0 Å². The highest BCUT2D eigenvalue weighted by atomic mass is 32.2. The summed E-state index contributed by atoms with van der Waals surface area (Å²) < 4.78 is 1.93. The van der Waals surface area contributed by atoms with Crippen molar-refractivity contribution in [2.45, 2.75) is 49.8 Å². The number of carbonyl (C=O) groups is 1. The predicted octanol–water partition coefficient (Wildman–Crippen LogP) is 3.24. The molecule has 3 heterocycles. The molecule has 2 aliphatic rings. The Hall–Kier alpha value is -2.02. The molecular weight excluding hydrogens is 336 g/mol. The van der Waals surface area contributed by atoms with Crippen LogP contribution in [0.2, 0.25) is 0 Å². The number of thioether (sulfide) groups is 1. The van der Waals surface area contributed by atoms with Gasteiger partial charge in [-0.3, -0.25) is 24.4 Å². The Morgan fingerprint density at radius 2 is 1.96 bits per heavy atom. The summed E-state index contributed by atoms with van der Waals surface area (Å²) >= 11 is 1.48. The first kappa shape index (κ1) is 16.4. The lowest BCUT2D eigenvalue weighted by Crippen LogP contribution is -2.19. The zero-order valence-electron chi connectivity index (χ0n) is 14.0. The van der Waals surface area contributed by atoms with Crippen LogP contribution in [-0.2, 0) is 4.79 Å². The number of carbonyl (C=O) groups excluding carboxylic acids is 1. The van der Waals surface area contributed by atoms with Crippen molar-refractivity contribution in [3.63, 3.8) is 0 Å². The minimum absolute atomic E-state index is 0.0565. The molecule has 1 unspecified atom stereocenters. The number of hydrogen-bond acceptors (Lipinski definition) is 4. The van der Waals surface area contributed by atoms with E-state index in [1.807, 2.05) is 16.8 Å². The lowest BCUT2D eigenvalue weighted by molar-refractivity contribution is -0.113. The normalized spacial score (nSPS) is 21.9. The standard InChI is InChI=1S/C18H22N4O2S/c23-14-11-25-16(12-6-5-9-19-10-12)15-17(20-14)22(21-18(15)24)13-7-3-1-2-4-8-13/h5-6,9-10,13,16H,1-4,7-8,11H2,(H,20,23)(H,21,24). The average Bonchev–Trinajstić information content (AvgIpc) is 2.84. The van der Waals surface area contributed by atoms with Gasteiger partial charge in [-0.05, 0) is 24.5 Å². The van der Waals surface area contributed by atoms with Crippen LogP contribution in [0.5, 0.6) is 0 Å². The van der Waals surface area contributed by atoms with Crippen molar-refractivity contribution >= 4 is 23.5 Å². The Kier molecular flexibility index (Phi) is 4.65. The molecular formula is C18H22N4O2S. The third-order valence-corrected chi connectivity index (χ3v) is 6.31. The van der Waals surface area contributed by atoms with Crippen LogP contribution in [0.4, 0.5) is 5.82 Å². The molecule has 2 aromatic heterocycles. The number of aromatic nitrogens is 3. The van der Waals surface area contributed by atoms with E-state index in [1.54, 1.807) is 12.4 Å². The van der Waals surface area contributed by atoms with E-state index in [0.717, 1.165) is 31.2 Å². The van der Waals surface area contributed by atoms with Crippen molar-refractivity contribution in [3.05, 3.63) is 46.0 Å². The molecule has 25 heavy (non-hydrogen) atoms. The van der Waals surface area contributed by atoms with Gasteiger partial charge in [-0.25, -0.2) is 0 Å². The Labute approximate surface area is 150 Å². The smallest absolute Gasteiger partial charge is 0.270 e. The number of amides is 1. The maximum absolute atomic E-state index is 12.8. The van der Waals surface area contributed by atoms with Gasteiger partial charge in [-0.1, -0.05) is 31.7 Å². The van der Waals surface area contributed by atoms with Crippen LogP contribution < -0.4 is 10.9 Å². The topological polar surface area (TPSA) is 79.8 Å². The molecule has 0 saturated heterocycles. The highest BCUT2D eigenvalue weighted by molar-refractivity contribution is 8.00. The molecule has 1 fully saturated rings. The molecule has 2 aromatic rings. The van der Waals surface area contributed by atoms with Crippen molar-refractivity contribution < 1.29 is 4.79 Å². The summed E-state index contributed by atoms with van der Waals surface area (Å²) in [5.74, 6) is 0.929. The first-order valence-corrected chi connectivity index (χ1v) is 9.94. The highest BCUT2D eigenvalue weighted by Gasteiger charge is 2.32. The van der Waals surface area contributed by atoms with Crippen molar-refractivity contribution in [2.24, 2.45) is 0 Å². The van der Waals surface area contributed by atoms with Gasteiger partial charge < -0.3 is 5.32 Å². The molecule has 1 saturated carbocycles. The summed E-state index contributed by atoms with van der Waals surface area (Å²) in [5, 5.41) is 5.81. The van der Waals surface area contributed by atoms with E-state index < -0.39 is 0 Å². The zero-order chi connectivity index (χ0) is 17.2. The van der Waals surface area contributed by atoms with Crippen LogP contribution in [0, 0.1) is 0 Å². The number of nitrogens with zero attached hydrogens (tertiary/aromatic N) is 2. The first-order valence-electron chi connectivity index (χ1n) is 8.90. The maximum Gasteiger partial charge on any atom is 0.270 e. The molecule has 0 aromatic carbocycles. The lowest BCUT2D eigenvalue weighted by atomic mass is 10.1. The van der Waals surface area contributed by atoms with E-state index in [1.165, 1.54) is 24.6 Å². The fourth-order valence-electron chi connectivity index (χ4n) is 3.83. The van der Waals surface area contributed by atoms with Gasteiger partial charge in [-0.15, -0.1) is 11.8 Å². The Balaban J connectivity index is 1.80. The van der Waals surface area contributed by atoms with E-state index in [9.17, 15) is 9.59 Å². The summed E-state index contributed by atoms with van der Waals surface area (Å²) in [6, 6.07) is 4.08. The summed E-state index contributed by atoms with van der Waals surface area (Å²) in [7, 11) is 0. The second kappa shape index (κ2) is 7.07. The van der Waals surface area contributed by atoms with Gasteiger partial charge in [0.15, 0.2) is 0 Å². The third-order valence-electron chi connectivity index (χ3n) is 5.04. The van der Waals surface area contributed by atoms with Gasteiger partial charge in [0.1, 0.15) is 5.82 Å². The minimum atomic E-state index is -0.182. The molecule has 1 atom stereocenters. The number of nitrogens with one attached hydrogen (secondary N) is 2. The van der Waals surface area contributed by atoms with Gasteiger partial charge in [0.05, 0.1) is 22.6 Å². The Morgan fingerprint density at radius 1 is 1.16 bits per heavy atom. The third kappa shape index (κ3) is 3.25. The van der Waals surface area contributed by atoms with E-state index in [2.05, 4.69) is 15.4 Å². The number of fused-ring (bicyclic) bond motifs is 1. The van der Waals surface area contributed by atoms with Crippen molar-refractivity contribution in [3.8, 4) is 0 Å². The molecule has 1 aliphatic carbocycles. The molecule has 0 spiro atoms. The van der Waals surface area contributed by atoms with Crippen LogP contribution in [0.1, 0.15) is 60.9 Å². The Bertz CT molecular complexity index is 806. The molecule has 132 valence electrons. The highest BCUT2D eigenvalue weighted by Crippen LogP contribution is 2.41. The number of aromatic amines is 1. The molecule has 6 nitrogen and oxygen atoms in total. The van der Waals surface area contributed by atoms with Crippen molar-refractivity contribution in [1.82, 2.24) is 14.8 Å². The second-order valence-corrected chi connectivity index (χ2v) is 7.84. The van der Waals surface area contributed by atoms with Crippen LogP contribution in [-0.4, -0.2) is 26.4 Å². The summed E-state index contributed by atoms with van der Waals surface area (Å²) in [6.07, 6.45) is 10.4. The first-order chi connectivity index (χ1) is 12.2. The van der Waals surface area contributed by atoms with Gasteiger partial charge in [0.25, 0.3) is 5.56 Å². The maximum atomic E-state index is 12.8. The van der Waals surface area contributed by atoms with Gasteiger partial charge in [0, 0.05) is 12.4 Å². The largest absolute Gasteiger partial charge is 0.310 e. The van der Waals surface area contributed by atoms with Crippen LogP contribution >= 0.6 is 11.8 Å². The number of anilines is 1. The zero-order valence-corrected chi connectivity index (χ0v) is 14.8. The molecule has 1 amide bonds. The number of H-pyrrole nitrogens is 1. The quantitative estimate of drug-likeness (QED) is 0.808. The summed E-state index contributed by atoms with van der Waals surface area (Å²) in [6.45, 7) is 0. The molecule has 0 bridgehead atoms. The molecule has 4 rings (SSSR count). The van der Waals surface area contributed by atoms with E-state index in [0.29, 0.717) is 17.1 Å². The minimum Gasteiger partial charge on any atom is -0.310 e. The van der Waals surface area contributed by atoms with Gasteiger partial charge >= 0.3 is 0 Å². The predicted molar refractivity (Wildman–Crippen MR) is 99.0 cm³/mol. The van der Waals surface area contributed by atoms with Gasteiger partial charge in [-0.2, -0.15) is 0 Å². The molecule has 1 aliphatic heterocycles. The van der Waals surface area contributed by atoms with Crippen LogP contribution in [0.25, 0.3) is 0 Å². The molecule has 0 radical (unpaired) electrons.